The molecule has 112 valence electrons. The van der Waals surface area contributed by atoms with Gasteiger partial charge in [-0.25, -0.2) is 0 Å². The Labute approximate surface area is 127 Å². The SMILES string of the molecule is FC(F)(F)c1cccc(Nc2nc(-c3cccnc3)ns2)c1. The van der Waals surface area contributed by atoms with Crippen LogP contribution in [0.5, 0.6) is 0 Å². The van der Waals surface area contributed by atoms with Crippen LogP contribution < -0.4 is 5.32 Å². The number of nitrogens with one attached hydrogen (secondary N) is 1. The molecule has 1 N–H and O–H groups in total. The highest BCUT2D eigenvalue weighted by atomic mass is 32.1. The Bertz CT molecular complexity index is 771. The van der Waals surface area contributed by atoms with Gasteiger partial charge in [0.25, 0.3) is 0 Å². The number of halogens is 3. The molecule has 0 bridgehead atoms. The first-order chi connectivity index (χ1) is 10.5. The molecule has 2 aromatic heterocycles. The third-order valence-corrected chi connectivity index (χ3v) is 3.42. The van der Waals surface area contributed by atoms with Crippen LogP contribution in [-0.2, 0) is 6.18 Å². The van der Waals surface area contributed by atoms with Crippen LogP contribution in [0.3, 0.4) is 0 Å². The molecule has 0 saturated carbocycles. The van der Waals surface area contributed by atoms with Crippen LogP contribution in [0.1, 0.15) is 5.56 Å². The zero-order valence-electron chi connectivity index (χ0n) is 11.0. The number of hydrogen-bond acceptors (Lipinski definition) is 5. The third-order valence-electron chi connectivity index (χ3n) is 2.79. The molecular weight excluding hydrogens is 313 g/mol. The van der Waals surface area contributed by atoms with Crippen molar-refractivity contribution < 1.29 is 13.2 Å². The highest BCUT2D eigenvalue weighted by molar-refractivity contribution is 7.09. The molecule has 0 fully saturated rings. The van der Waals surface area contributed by atoms with Gasteiger partial charge >= 0.3 is 6.18 Å². The lowest BCUT2D eigenvalue weighted by molar-refractivity contribution is -0.137. The third kappa shape index (κ3) is 3.22. The van der Waals surface area contributed by atoms with E-state index in [1.54, 1.807) is 24.5 Å². The fraction of sp³-hybridized carbons (Fsp3) is 0.0714. The molecule has 3 aromatic rings. The average Bonchev–Trinajstić information content (AvgIpc) is 2.96. The number of pyridine rings is 1. The van der Waals surface area contributed by atoms with Gasteiger partial charge in [0.15, 0.2) is 5.82 Å². The molecule has 2 heterocycles. The van der Waals surface area contributed by atoms with Crippen LogP contribution in [-0.4, -0.2) is 14.3 Å². The highest BCUT2D eigenvalue weighted by Crippen LogP contribution is 2.31. The summed E-state index contributed by atoms with van der Waals surface area (Å²) >= 11 is 1.07. The predicted molar refractivity (Wildman–Crippen MR) is 77.9 cm³/mol. The number of benzene rings is 1. The maximum atomic E-state index is 12.7. The molecule has 0 aliphatic carbocycles. The second kappa shape index (κ2) is 5.72. The topological polar surface area (TPSA) is 50.7 Å². The first kappa shape index (κ1) is 14.5. The maximum absolute atomic E-state index is 12.7. The molecule has 3 rings (SSSR count). The lowest BCUT2D eigenvalue weighted by Crippen LogP contribution is -2.05. The summed E-state index contributed by atoms with van der Waals surface area (Å²) in [6, 6.07) is 8.51. The Kier molecular flexibility index (Phi) is 3.76. The molecule has 8 heteroatoms. The smallest absolute Gasteiger partial charge is 0.330 e. The first-order valence-electron chi connectivity index (χ1n) is 6.21. The van der Waals surface area contributed by atoms with Crippen molar-refractivity contribution in [2.75, 3.05) is 5.32 Å². The fourth-order valence-corrected chi connectivity index (χ4v) is 2.39. The van der Waals surface area contributed by atoms with Crippen molar-refractivity contribution in [2.45, 2.75) is 6.18 Å². The molecule has 1 aromatic carbocycles. The van der Waals surface area contributed by atoms with Crippen LogP contribution in [0, 0.1) is 0 Å². The minimum atomic E-state index is -4.38. The van der Waals surface area contributed by atoms with E-state index >= 15 is 0 Å². The highest BCUT2D eigenvalue weighted by Gasteiger charge is 2.30. The first-order valence-corrected chi connectivity index (χ1v) is 6.98. The van der Waals surface area contributed by atoms with Crippen LogP contribution >= 0.6 is 11.5 Å². The summed E-state index contributed by atoms with van der Waals surface area (Å²) in [6.07, 6.45) is -1.12. The lowest BCUT2D eigenvalue weighted by Gasteiger charge is -2.08. The van der Waals surface area contributed by atoms with Gasteiger partial charge in [-0.2, -0.15) is 22.5 Å². The minimum Gasteiger partial charge on any atom is -0.330 e. The molecule has 0 spiro atoms. The van der Waals surface area contributed by atoms with E-state index in [2.05, 4.69) is 19.7 Å². The van der Waals surface area contributed by atoms with E-state index < -0.39 is 11.7 Å². The summed E-state index contributed by atoms with van der Waals surface area (Å²) in [4.78, 5) is 8.21. The molecule has 0 aliphatic rings. The average molecular weight is 322 g/mol. The second-order valence-corrected chi connectivity index (χ2v) is 5.12. The largest absolute Gasteiger partial charge is 0.416 e. The van der Waals surface area contributed by atoms with Crippen molar-refractivity contribution in [1.82, 2.24) is 14.3 Å². The fourth-order valence-electron chi connectivity index (χ4n) is 1.78. The number of aromatic nitrogens is 3. The predicted octanol–water partition coefficient (Wildman–Crippen LogP) is 4.36. The molecule has 0 radical (unpaired) electrons. The molecule has 0 amide bonds. The second-order valence-electron chi connectivity index (χ2n) is 4.37. The van der Waals surface area contributed by atoms with E-state index in [0.717, 1.165) is 29.2 Å². The summed E-state index contributed by atoms with van der Waals surface area (Å²) in [5, 5.41) is 3.25. The minimum absolute atomic E-state index is 0.309. The van der Waals surface area contributed by atoms with Gasteiger partial charge in [0.2, 0.25) is 5.13 Å². The Morgan fingerprint density at radius 1 is 1.09 bits per heavy atom. The monoisotopic (exact) mass is 322 g/mol. The quantitative estimate of drug-likeness (QED) is 0.778. The van der Waals surface area contributed by atoms with Gasteiger partial charge in [0, 0.05) is 35.2 Å². The number of alkyl halides is 3. The van der Waals surface area contributed by atoms with Crippen molar-refractivity contribution in [2.24, 2.45) is 0 Å². The van der Waals surface area contributed by atoms with Crippen molar-refractivity contribution >= 4 is 22.4 Å². The van der Waals surface area contributed by atoms with Gasteiger partial charge in [-0.05, 0) is 30.3 Å². The lowest BCUT2D eigenvalue weighted by atomic mass is 10.2. The number of nitrogens with zero attached hydrogens (tertiary/aromatic N) is 3. The van der Waals surface area contributed by atoms with E-state index in [9.17, 15) is 13.2 Å². The zero-order chi connectivity index (χ0) is 15.6. The van der Waals surface area contributed by atoms with E-state index in [0.29, 0.717) is 16.6 Å². The van der Waals surface area contributed by atoms with Crippen molar-refractivity contribution in [1.29, 1.82) is 0 Å². The van der Waals surface area contributed by atoms with Crippen molar-refractivity contribution in [3.63, 3.8) is 0 Å². The molecule has 0 atom stereocenters. The maximum Gasteiger partial charge on any atom is 0.416 e. The van der Waals surface area contributed by atoms with Gasteiger partial charge in [-0.1, -0.05) is 6.07 Å². The number of hydrogen-bond donors (Lipinski definition) is 1. The molecule has 0 saturated heterocycles. The van der Waals surface area contributed by atoms with Crippen molar-refractivity contribution in [3.8, 4) is 11.4 Å². The number of rotatable bonds is 3. The zero-order valence-corrected chi connectivity index (χ0v) is 11.8. The normalized spacial score (nSPS) is 11.4. The molecule has 22 heavy (non-hydrogen) atoms. The van der Waals surface area contributed by atoms with E-state index in [1.807, 2.05) is 6.07 Å². The summed E-state index contributed by atoms with van der Waals surface area (Å²) < 4.78 is 42.2. The van der Waals surface area contributed by atoms with Gasteiger partial charge < -0.3 is 5.32 Å². The van der Waals surface area contributed by atoms with Gasteiger partial charge in [-0.3, -0.25) is 4.98 Å². The van der Waals surface area contributed by atoms with E-state index in [4.69, 9.17) is 0 Å². The molecular formula is C14H9F3N4S. The Morgan fingerprint density at radius 2 is 1.95 bits per heavy atom. The summed E-state index contributed by atoms with van der Waals surface area (Å²) in [5.74, 6) is 0.479. The molecule has 0 aliphatic heterocycles. The Balaban J connectivity index is 1.81. The molecule has 0 unspecified atom stereocenters. The summed E-state index contributed by atoms with van der Waals surface area (Å²) in [7, 11) is 0. The van der Waals surface area contributed by atoms with Crippen LogP contribution in [0.25, 0.3) is 11.4 Å². The Hall–Kier alpha value is -2.48. The van der Waals surface area contributed by atoms with E-state index in [1.165, 1.54) is 6.07 Å². The summed E-state index contributed by atoms with van der Waals surface area (Å²) in [6.45, 7) is 0. The van der Waals surface area contributed by atoms with Crippen LogP contribution in [0.2, 0.25) is 0 Å². The molecule has 4 nitrogen and oxygen atoms in total. The number of anilines is 2. The summed E-state index contributed by atoms with van der Waals surface area (Å²) in [5.41, 5.74) is 0.342. The van der Waals surface area contributed by atoms with Crippen LogP contribution in [0.15, 0.2) is 48.8 Å². The van der Waals surface area contributed by atoms with Gasteiger partial charge in [0.05, 0.1) is 5.56 Å². The van der Waals surface area contributed by atoms with E-state index in [-0.39, 0.29) is 0 Å². The Morgan fingerprint density at radius 3 is 2.68 bits per heavy atom. The van der Waals surface area contributed by atoms with Gasteiger partial charge in [0.1, 0.15) is 0 Å². The van der Waals surface area contributed by atoms with Crippen molar-refractivity contribution in [3.05, 3.63) is 54.4 Å². The standard InChI is InChI=1S/C14H9F3N4S/c15-14(16,17)10-4-1-5-11(7-10)19-13-20-12(21-22-13)9-3-2-6-18-8-9/h1-8H,(H,19,20,21). The van der Waals surface area contributed by atoms with Crippen LogP contribution in [0.4, 0.5) is 24.0 Å². The van der Waals surface area contributed by atoms with Gasteiger partial charge in [-0.15, -0.1) is 0 Å².